The zero-order chi connectivity index (χ0) is 24.1. The molecule has 0 saturated carbocycles. The summed E-state index contributed by atoms with van der Waals surface area (Å²) >= 11 is 12.5. The van der Waals surface area contributed by atoms with Gasteiger partial charge in [-0.1, -0.05) is 47.5 Å². The summed E-state index contributed by atoms with van der Waals surface area (Å²) in [4.78, 5) is 44.2. The molecule has 2 saturated heterocycles. The highest BCUT2D eigenvalue weighted by Crippen LogP contribution is 2.49. The van der Waals surface area contributed by atoms with Crippen LogP contribution >= 0.6 is 23.2 Å². The second-order valence-corrected chi connectivity index (χ2v) is 8.57. The topological polar surface area (TPSA) is 93.0 Å². The number of carbonyl (C=O) groups is 2. The molecule has 2 aliphatic rings. The van der Waals surface area contributed by atoms with Crippen LogP contribution in [0.5, 0.6) is 0 Å². The summed E-state index contributed by atoms with van der Waals surface area (Å²) in [5.74, 6) is -3.25. The lowest BCUT2D eigenvalue weighted by Gasteiger charge is -2.29. The second kappa shape index (κ2) is 8.35. The number of hydrogen-bond donors (Lipinski definition) is 0. The average Bonchev–Trinajstić information content (AvgIpc) is 3.31. The summed E-state index contributed by atoms with van der Waals surface area (Å²) in [6, 6.07) is 14.7. The molecule has 5 rings (SSSR count). The number of nitro benzene ring substituents is 1. The Kier molecular flexibility index (Phi) is 5.47. The molecule has 2 fully saturated rings. The number of benzene rings is 3. The number of carbonyl (C=O) groups excluding carboxylic acids is 2. The van der Waals surface area contributed by atoms with Crippen LogP contribution in [0.15, 0.2) is 66.7 Å². The van der Waals surface area contributed by atoms with E-state index in [2.05, 4.69) is 0 Å². The lowest BCUT2D eigenvalue weighted by molar-refractivity contribution is -0.384. The molecule has 0 aromatic heterocycles. The van der Waals surface area contributed by atoms with E-state index in [-0.39, 0.29) is 22.1 Å². The van der Waals surface area contributed by atoms with Gasteiger partial charge in [-0.15, -0.1) is 0 Å². The van der Waals surface area contributed by atoms with Gasteiger partial charge in [0, 0.05) is 22.2 Å². The van der Waals surface area contributed by atoms with Crippen molar-refractivity contribution in [2.75, 3.05) is 9.96 Å². The maximum atomic E-state index is 14.5. The van der Waals surface area contributed by atoms with Crippen molar-refractivity contribution in [1.82, 2.24) is 0 Å². The molecule has 0 aliphatic carbocycles. The Bertz CT molecular complexity index is 1350. The molecule has 2 heterocycles. The largest absolute Gasteiger partial charge is 0.273 e. The van der Waals surface area contributed by atoms with Gasteiger partial charge < -0.3 is 0 Å². The molecule has 3 aromatic rings. The highest BCUT2D eigenvalue weighted by atomic mass is 35.5. The van der Waals surface area contributed by atoms with Gasteiger partial charge in [-0.3, -0.25) is 24.5 Å². The SMILES string of the molecule is O=C1[C@@H]2[C@@H](c3ccc(Cl)cc3Cl)N(c3cccc([N+](=O)[O-])c3)O[C@H]2C(=O)N1c1ccccc1F. The van der Waals surface area contributed by atoms with Crippen molar-refractivity contribution in [3.05, 3.63) is 98.3 Å². The Morgan fingerprint density at radius 2 is 1.74 bits per heavy atom. The molecule has 11 heteroatoms. The van der Waals surface area contributed by atoms with E-state index in [4.69, 9.17) is 28.0 Å². The third kappa shape index (κ3) is 3.49. The van der Waals surface area contributed by atoms with Crippen molar-refractivity contribution in [2.24, 2.45) is 5.92 Å². The number of non-ortho nitro benzene ring substituents is 1. The van der Waals surface area contributed by atoms with E-state index in [0.717, 1.165) is 11.0 Å². The smallest absolute Gasteiger partial charge is 0.271 e. The minimum atomic E-state index is -1.29. The van der Waals surface area contributed by atoms with Gasteiger partial charge in [0.05, 0.1) is 22.3 Å². The minimum absolute atomic E-state index is 0.182. The summed E-state index contributed by atoms with van der Waals surface area (Å²) in [5, 5.41) is 13.1. The number of amides is 2. The minimum Gasteiger partial charge on any atom is -0.273 e. The maximum absolute atomic E-state index is 14.5. The number of hydrogen-bond acceptors (Lipinski definition) is 6. The van der Waals surface area contributed by atoms with Crippen molar-refractivity contribution >= 4 is 52.1 Å². The fourth-order valence-electron chi connectivity index (χ4n) is 4.31. The number of fused-ring (bicyclic) bond motifs is 1. The summed E-state index contributed by atoms with van der Waals surface area (Å²) < 4.78 is 14.5. The van der Waals surface area contributed by atoms with E-state index in [9.17, 15) is 24.1 Å². The Labute approximate surface area is 202 Å². The second-order valence-electron chi connectivity index (χ2n) is 7.73. The van der Waals surface area contributed by atoms with Crippen molar-refractivity contribution in [3.63, 3.8) is 0 Å². The number of nitrogens with zero attached hydrogens (tertiary/aromatic N) is 3. The normalized spacial score (nSPS) is 21.8. The lowest BCUT2D eigenvalue weighted by atomic mass is 9.90. The highest BCUT2D eigenvalue weighted by molar-refractivity contribution is 6.35. The van der Waals surface area contributed by atoms with Crippen LogP contribution in [-0.4, -0.2) is 22.8 Å². The number of halogens is 3. The van der Waals surface area contributed by atoms with Gasteiger partial charge in [-0.25, -0.2) is 14.4 Å². The lowest BCUT2D eigenvalue weighted by Crippen LogP contribution is -2.38. The first-order valence-electron chi connectivity index (χ1n) is 10.1. The summed E-state index contributed by atoms with van der Waals surface area (Å²) in [7, 11) is 0. The van der Waals surface area contributed by atoms with E-state index in [1.807, 2.05) is 0 Å². The molecule has 8 nitrogen and oxygen atoms in total. The first-order chi connectivity index (χ1) is 16.3. The monoisotopic (exact) mass is 501 g/mol. The fourth-order valence-corrected chi connectivity index (χ4v) is 4.83. The standard InChI is InChI=1S/C23H14Cl2FN3O5/c24-12-8-9-15(16(25)10-12)20-19-21(34-28(20)13-4-3-5-14(11-13)29(32)33)23(31)27(22(19)30)18-7-2-1-6-17(18)26/h1-11,19-21H/t19-,20-,21-/m1/s1. The van der Waals surface area contributed by atoms with E-state index in [1.54, 1.807) is 18.2 Å². The molecule has 0 N–H and O–H groups in total. The highest BCUT2D eigenvalue weighted by Gasteiger charge is 2.61. The predicted molar refractivity (Wildman–Crippen MR) is 122 cm³/mol. The number of rotatable bonds is 4. The Morgan fingerprint density at radius 3 is 2.44 bits per heavy atom. The first kappa shape index (κ1) is 22.3. The summed E-state index contributed by atoms with van der Waals surface area (Å²) in [6.45, 7) is 0. The quantitative estimate of drug-likeness (QED) is 0.280. The molecular formula is C23H14Cl2FN3O5. The van der Waals surface area contributed by atoms with E-state index in [0.29, 0.717) is 10.6 Å². The van der Waals surface area contributed by atoms with E-state index < -0.39 is 40.6 Å². The van der Waals surface area contributed by atoms with Crippen molar-refractivity contribution < 1.29 is 23.7 Å². The van der Waals surface area contributed by atoms with Crippen LogP contribution in [0, 0.1) is 21.8 Å². The van der Waals surface area contributed by atoms with Gasteiger partial charge >= 0.3 is 0 Å². The van der Waals surface area contributed by atoms with E-state index >= 15 is 0 Å². The maximum Gasteiger partial charge on any atom is 0.271 e. The molecule has 172 valence electrons. The van der Waals surface area contributed by atoms with Crippen molar-refractivity contribution in [1.29, 1.82) is 0 Å². The molecule has 0 unspecified atom stereocenters. The number of hydroxylamine groups is 1. The van der Waals surface area contributed by atoms with Gasteiger partial charge in [0.15, 0.2) is 6.10 Å². The predicted octanol–water partition coefficient (Wildman–Crippen LogP) is 5.09. The van der Waals surface area contributed by atoms with Crippen LogP contribution in [0.4, 0.5) is 21.5 Å². The number of para-hydroxylation sites is 1. The summed E-state index contributed by atoms with van der Waals surface area (Å²) in [6.07, 6.45) is -1.29. The molecule has 2 aliphatic heterocycles. The third-order valence-electron chi connectivity index (χ3n) is 5.78. The molecule has 0 spiro atoms. The number of imide groups is 1. The average molecular weight is 502 g/mol. The Balaban J connectivity index is 1.64. The van der Waals surface area contributed by atoms with Gasteiger partial charge in [-0.2, -0.15) is 0 Å². The molecular weight excluding hydrogens is 488 g/mol. The fraction of sp³-hybridized carbons (Fsp3) is 0.130. The van der Waals surface area contributed by atoms with Crippen LogP contribution in [0.3, 0.4) is 0 Å². The molecule has 3 atom stereocenters. The van der Waals surface area contributed by atoms with Crippen LogP contribution in [0.2, 0.25) is 10.0 Å². The Morgan fingerprint density at radius 1 is 0.971 bits per heavy atom. The van der Waals surface area contributed by atoms with Crippen LogP contribution in [0.1, 0.15) is 11.6 Å². The van der Waals surface area contributed by atoms with Crippen molar-refractivity contribution in [2.45, 2.75) is 12.1 Å². The first-order valence-corrected chi connectivity index (χ1v) is 10.8. The summed E-state index contributed by atoms with van der Waals surface area (Å²) in [5.41, 5.74) is 0.280. The van der Waals surface area contributed by atoms with Gasteiger partial charge in [0.2, 0.25) is 5.91 Å². The van der Waals surface area contributed by atoms with Crippen molar-refractivity contribution in [3.8, 4) is 0 Å². The van der Waals surface area contributed by atoms with Gasteiger partial charge in [0.25, 0.3) is 11.6 Å². The molecule has 34 heavy (non-hydrogen) atoms. The van der Waals surface area contributed by atoms with Gasteiger partial charge in [0.1, 0.15) is 11.7 Å². The zero-order valence-corrected chi connectivity index (χ0v) is 18.6. The molecule has 0 bridgehead atoms. The molecule has 0 radical (unpaired) electrons. The number of nitro groups is 1. The molecule has 3 aromatic carbocycles. The molecule has 2 amide bonds. The van der Waals surface area contributed by atoms with Crippen LogP contribution in [0.25, 0.3) is 0 Å². The van der Waals surface area contributed by atoms with Crippen LogP contribution < -0.4 is 9.96 Å². The third-order valence-corrected chi connectivity index (χ3v) is 6.35. The van der Waals surface area contributed by atoms with E-state index in [1.165, 1.54) is 47.5 Å². The zero-order valence-electron chi connectivity index (χ0n) is 17.1. The Hall–Kier alpha value is -3.53. The van der Waals surface area contributed by atoms with Gasteiger partial charge in [-0.05, 0) is 35.9 Å². The number of anilines is 2. The van der Waals surface area contributed by atoms with Crippen LogP contribution in [-0.2, 0) is 14.4 Å².